The van der Waals surface area contributed by atoms with E-state index in [0.717, 1.165) is 22.8 Å². The van der Waals surface area contributed by atoms with E-state index in [1.807, 2.05) is 19.4 Å². The zero-order valence-corrected chi connectivity index (χ0v) is 12.4. The molecule has 0 atom stereocenters. The molecule has 0 spiro atoms. The third-order valence-corrected chi connectivity index (χ3v) is 3.83. The monoisotopic (exact) mass is 264 g/mol. The lowest BCUT2D eigenvalue weighted by atomic mass is 10.1. The second-order valence-electron chi connectivity index (χ2n) is 5.53. The highest BCUT2D eigenvalue weighted by Crippen LogP contribution is 2.27. The molecule has 1 N–H and O–H groups in total. The molecule has 0 aliphatic carbocycles. The molecule has 18 heavy (non-hydrogen) atoms. The van der Waals surface area contributed by atoms with Crippen molar-refractivity contribution in [2.24, 2.45) is 7.05 Å². The van der Waals surface area contributed by atoms with Gasteiger partial charge in [-0.25, -0.2) is 4.98 Å². The maximum atomic E-state index is 4.62. The summed E-state index contributed by atoms with van der Waals surface area (Å²) in [6.07, 6.45) is 3.86. The summed E-state index contributed by atoms with van der Waals surface area (Å²) in [6, 6.07) is 0. The minimum atomic E-state index is 0.130. The molecule has 2 heterocycles. The number of nitrogens with zero attached hydrogens (tertiary/aromatic N) is 3. The Bertz CT molecular complexity index is 533. The minimum absolute atomic E-state index is 0.130. The fourth-order valence-electron chi connectivity index (χ4n) is 1.59. The summed E-state index contributed by atoms with van der Waals surface area (Å²) in [5.41, 5.74) is 2.33. The maximum Gasteiger partial charge on any atom is 0.127 e. The molecular weight excluding hydrogens is 244 g/mol. The van der Waals surface area contributed by atoms with E-state index in [1.165, 1.54) is 4.88 Å². The lowest BCUT2D eigenvalue weighted by molar-refractivity contribution is 0.425. The van der Waals surface area contributed by atoms with Crippen LogP contribution in [0.3, 0.4) is 0 Å². The quantitative estimate of drug-likeness (QED) is 0.927. The molecule has 5 heteroatoms. The molecule has 0 saturated heterocycles. The first kappa shape index (κ1) is 13.2. The van der Waals surface area contributed by atoms with E-state index in [1.54, 1.807) is 16.0 Å². The molecule has 0 unspecified atom stereocenters. The molecule has 98 valence electrons. The van der Waals surface area contributed by atoms with Gasteiger partial charge in [-0.15, -0.1) is 11.3 Å². The van der Waals surface area contributed by atoms with Gasteiger partial charge < -0.3 is 5.32 Å². The first-order chi connectivity index (χ1) is 8.35. The van der Waals surface area contributed by atoms with Crippen molar-refractivity contribution in [2.45, 2.75) is 39.8 Å². The molecular formula is C13H20N4S. The summed E-state index contributed by atoms with van der Waals surface area (Å²) in [5, 5.41) is 8.73. The zero-order chi connectivity index (χ0) is 13.3. The second kappa shape index (κ2) is 4.82. The van der Waals surface area contributed by atoms with Crippen molar-refractivity contribution in [1.82, 2.24) is 20.1 Å². The van der Waals surface area contributed by atoms with Gasteiger partial charge in [-0.05, 0) is 27.7 Å². The Labute approximate surface area is 112 Å². The van der Waals surface area contributed by atoms with Crippen LogP contribution >= 0.6 is 11.3 Å². The van der Waals surface area contributed by atoms with E-state index < -0.39 is 0 Å². The molecule has 0 fully saturated rings. The van der Waals surface area contributed by atoms with Gasteiger partial charge in [0.05, 0.1) is 11.9 Å². The number of aromatic nitrogens is 3. The minimum Gasteiger partial charge on any atom is -0.307 e. The Hall–Kier alpha value is -1.20. The topological polar surface area (TPSA) is 42.7 Å². The number of thiazole rings is 1. The number of hydrogen-bond donors (Lipinski definition) is 1. The van der Waals surface area contributed by atoms with Crippen LogP contribution in [0.25, 0.3) is 10.6 Å². The number of aryl methyl sites for hydroxylation is 2. The van der Waals surface area contributed by atoms with Crippen molar-refractivity contribution in [1.29, 1.82) is 0 Å². The standard InChI is InChI=1S/C13H20N4S/c1-9-11(7-14-13(2,3)4)18-12(16-9)10-6-15-17(5)8-10/h6,8,14H,7H2,1-5H3. The van der Waals surface area contributed by atoms with Crippen molar-refractivity contribution in [2.75, 3.05) is 0 Å². The molecule has 2 rings (SSSR count). The Kier molecular flexibility index (Phi) is 3.54. The summed E-state index contributed by atoms with van der Waals surface area (Å²) in [7, 11) is 1.92. The predicted molar refractivity (Wildman–Crippen MR) is 75.6 cm³/mol. The first-order valence-corrected chi connectivity index (χ1v) is 6.87. The summed E-state index contributed by atoms with van der Waals surface area (Å²) in [5.74, 6) is 0. The van der Waals surface area contributed by atoms with E-state index in [9.17, 15) is 0 Å². The fourth-order valence-corrected chi connectivity index (χ4v) is 2.57. The van der Waals surface area contributed by atoms with Gasteiger partial charge in [0.2, 0.25) is 0 Å². The molecule has 0 aromatic carbocycles. The molecule has 2 aromatic heterocycles. The Morgan fingerprint density at radius 3 is 2.67 bits per heavy atom. The first-order valence-electron chi connectivity index (χ1n) is 6.05. The van der Waals surface area contributed by atoms with Gasteiger partial charge in [0.15, 0.2) is 0 Å². The van der Waals surface area contributed by atoms with Crippen molar-refractivity contribution in [3.05, 3.63) is 23.0 Å². The highest BCUT2D eigenvalue weighted by atomic mass is 32.1. The molecule has 0 aliphatic heterocycles. The summed E-state index contributed by atoms with van der Waals surface area (Å²) in [6.45, 7) is 9.45. The summed E-state index contributed by atoms with van der Waals surface area (Å²) in [4.78, 5) is 5.92. The molecule has 0 radical (unpaired) electrons. The van der Waals surface area contributed by atoms with E-state index in [2.05, 4.69) is 43.1 Å². The normalized spacial score (nSPS) is 12.1. The Morgan fingerprint density at radius 1 is 1.39 bits per heavy atom. The third-order valence-electron chi connectivity index (χ3n) is 2.62. The van der Waals surface area contributed by atoms with Crippen molar-refractivity contribution < 1.29 is 0 Å². The van der Waals surface area contributed by atoms with Crippen LogP contribution in [0.4, 0.5) is 0 Å². The molecule has 0 saturated carbocycles. The third kappa shape index (κ3) is 3.17. The van der Waals surface area contributed by atoms with Crippen LogP contribution < -0.4 is 5.32 Å². The van der Waals surface area contributed by atoms with Gasteiger partial charge in [-0.3, -0.25) is 4.68 Å². The summed E-state index contributed by atoms with van der Waals surface area (Å²) >= 11 is 1.74. The maximum absolute atomic E-state index is 4.62. The van der Waals surface area contributed by atoms with Gasteiger partial charge in [-0.1, -0.05) is 0 Å². The van der Waals surface area contributed by atoms with E-state index in [-0.39, 0.29) is 5.54 Å². The number of rotatable bonds is 3. The molecule has 0 bridgehead atoms. The smallest absolute Gasteiger partial charge is 0.127 e. The van der Waals surface area contributed by atoms with E-state index in [0.29, 0.717) is 0 Å². The predicted octanol–water partition coefficient (Wildman–Crippen LogP) is 2.74. The second-order valence-corrected chi connectivity index (χ2v) is 6.62. The van der Waals surface area contributed by atoms with Crippen LogP contribution in [0.5, 0.6) is 0 Å². The van der Waals surface area contributed by atoms with E-state index in [4.69, 9.17) is 0 Å². The highest BCUT2D eigenvalue weighted by Gasteiger charge is 2.14. The lowest BCUT2D eigenvalue weighted by Gasteiger charge is -2.19. The summed E-state index contributed by atoms with van der Waals surface area (Å²) < 4.78 is 1.80. The Balaban J connectivity index is 2.17. The number of nitrogens with one attached hydrogen (secondary N) is 1. The zero-order valence-electron chi connectivity index (χ0n) is 11.6. The van der Waals surface area contributed by atoms with Gasteiger partial charge in [-0.2, -0.15) is 5.10 Å². The average Bonchev–Trinajstić information content (AvgIpc) is 2.81. The van der Waals surface area contributed by atoms with Crippen LogP contribution in [-0.2, 0) is 13.6 Å². The lowest BCUT2D eigenvalue weighted by Crippen LogP contribution is -2.34. The van der Waals surface area contributed by atoms with E-state index >= 15 is 0 Å². The number of hydrogen-bond acceptors (Lipinski definition) is 4. The average molecular weight is 264 g/mol. The SMILES string of the molecule is Cc1nc(-c2cnn(C)c2)sc1CNC(C)(C)C. The highest BCUT2D eigenvalue weighted by molar-refractivity contribution is 7.15. The van der Waals surface area contributed by atoms with Crippen LogP contribution in [0.15, 0.2) is 12.4 Å². The molecule has 4 nitrogen and oxygen atoms in total. The van der Waals surface area contributed by atoms with Crippen molar-refractivity contribution >= 4 is 11.3 Å². The van der Waals surface area contributed by atoms with Gasteiger partial charge in [0.1, 0.15) is 5.01 Å². The van der Waals surface area contributed by atoms with Crippen LogP contribution in [-0.4, -0.2) is 20.3 Å². The molecule has 0 amide bonds. The van der Waals surface area contributed by atoms with Crippen LogP contribution in [0.2, 0.25) is 0 Å². The van der Waals surface area contributed by atoms with Gasteiger partial charge in [0.25, 0.3) is 0 Å². The largest absolute Gasteiger partial charge is 0.307 e. The van der Waals surface area contributed by atoms with Crippen molar-refractivity contribution in [3.63, 3.8) is 0 Å². The van der Waals surface area contributed by atoms with Crippen LogP contribution in [0, 0.1) is 6.92 Å². The van der Waals surface area contributed by atoms with Crippen LogP contribution in [0.1, 0.15) is 31.3 Å². The molecule has 2 aromatic rings. The fraction of sp³-hybridized carbons (Fsp3) is 0.538. The van der Waals surface area contributed by atoms with Crippen molar-refractivity contribution in [3.8, 4) is 10.6 Å². The molecule has 0 aliphatic rings. The van der Waals surface area contributed by atoms with Gasteiger partial charge in [0, 0.05) is 35.8 Å². The van der Waals surface area contributed by atoms with Gasteiger partial charge >= 0.3 is 0 Å². The Morgan fingerprint density at radius 2 is 2.11 bits per heavy atom.